The molecule has 0 unspecified atom stereocenters. The van der Waals surface area contributed by atoms with Crippen molar-refractivity contribution in [3.63, 3.8) is 0 Å². The van der Waals surface area contributed by atoms with E-state index in [0.29, 0.717) is 5.39 Å². The van der Waals surface area contributed by atoms with E-state index in [0.717, 1.165) is 10.9 Å². The van der Waals surface area contributed by atoms with Gasteiger partial charge in [-0.2, -0.15) is 0 Å². The summed E-state index contributed by atoms with van der Waals surface area (Å²) in [6, 6.07) is 7.49. The van der Waals surface area contributed by atoms with E-state index < -0.39 is 0 Å². The first-order valence-corrected chi connectivity index (χ1v) is 5.36. The highest BCUT2D eigenvalue weighted by atomic mass is 16.3. The van der Waals surface area contributed by atoms with Gasteiger partial charge in [0.25, 0.3) is 5.56 Å². The first kappa shape index (κ1) is 10.9. The SMILES string of the molecule is Cc1ccc2c(=O)n([C@H](C)CO)ccc2c1. The predicted octanol–water partition coefficient (Wildman–Crippen LogP) is 1.86. The van der Waals surface area contributed by atoms with Crippen LogP contribution in [-0.2, 0) is 0 Å². The monoisotopic (exact) mass is 217 g/mol. The molecule has 1 aromatic heterocycles. The number of pyridine rings is 1. The molecule has 0 radical (unpaired) electrons. The highest BCUT2D eigenvalue weighted by Gasteiger charge is 2.07. The lowest BCUT2D eigenvalue weighted by atomic mass is 10.1. The van der Waals surface area contributed by atoms with Crippen molar-refractivity contribution >= 4 is 10.8 Å². The zero-order valence-electron chi connectivity index (χ0n) is 9.47. The molecule has 0 fully saturated rings. The molecule has 2 aromatic rings. The maximum Gasteiger partial charge on any atom is 0.258 e. The Morgan fingerprint density at radius 2 is 2.12 bits per heavy atom. The number of aliphatic hydroxyl groups is 1. The second-order valence-corrected chi connectivity index (χ2v) is 4.15. The third-order valence-corrected chi connectivity index (χ3v) is 2.83. The molecular formula is C13H15NO2. The van der Waals surface area contributed by atoms with Gasteiger partial charge in [-0.1, -0.05) is 17.7 Å². The lowest BCUT2D eigenvalue weighted by Crippen LogP contribution is -2.24. The summed E-state index contributed by atoms with van der Waals surface area (Å²) in [5, 5.41) is 10.7. The molecule has 0 saturated heterocycles. The Labute approximate surface area is 94.0 Å². The fraction of sp³-hybridized carbons (Fsp3) is 0.308. The molecule has 0 saturated carbocycles. The first-order valence-electron chi connectivity index (χ1n) is 5.36. The fourth-order valence-electron chi connectivity index (χ4n) is 1.82. The number of aryl methyl sites for hydroxylation is 1. The minimum Gasteiger partial charge on any atom is -0.394 e. The maximum absolute atomic E-state index is 12.1. The van der Waals surface area contributed by atoms with Crippen molar-refractivity contribution < 1.29 is 5.11 Å². The average molecular weight is 217 g/mol. The Bertz CT molecular complexity index is 572. The molecule has 0 aliphatic heterocycles. The van der Waals surface area contributed by atoms with Gasteiger partial charge in [-0.15, -0.1) is 0 Å². The Balaban J connectivity index is 2.71. The van der Waals surface area contributed by atoms with Crippen LogP contribution in [0.5, 0.6) is 0 Å². The van der Waals surface area contributed by atoms with Crippen LogP contribution < -0.4 is 5.56 Å². The summed E-state index contributed by atoms with van der Waals surface area (Å²) in [5.74, 6) is 0. The molecule has 84 valence electrons. The molecule has 3 heteroatoms. The minimum atomic E-state index is -0.182. The predicted molar refractivity (Wildman–Crippen MR) is 64.7 cm³/mol. The van der Waals surface area contributed by atoms with E-state index in [1.54, 1.807) is 10.8 Å². The molecule has 0 spiro atoms. The quantitative estimate of drug-likeness (QED) is 0.834. The van der Waals surface area contributed by atoms with E-state index in [1.165, 1.54) is 0 Å². The van der Waals surface area contributed by atoms with Crippen molar-refractivity contribution in [3.8, 4) is 0 Å². The highest BCUT2D eigenvalue weighted by Crippen LogP contribution is 2.13. The molecular weight excluding hydrogens is 202 g/mol. The first-order chi connectivity index (χ1) is 7.63. The second-order valence-electron chi connectivity index (χ2n) is 4.15. The van der Waals surface area contributed by atoms with Crippen LogP contribution in [0.1, 0.15) is 18.5 Å². The van der Waals surface area contributed by atoms with Crippen molar-refractivity contribution in [1.82, 2.24) is 4.57 Å². The number of aromatic nitrogens is 1. The highest BCUT2D eigenvalue weighted by molar-refractivity contribution is 5.82. The standard InChI is InChI=1S/C13H15NO2/c1-9-3-4-12-11(7-9)5-6-14(13(12)16)10(2)8-15/h3-7,10,15H,8H2,1-2H3/t10-/m1/s1. The fourth-order valence-corrected chi connectivity index (χ4v) is 1.82. The Kier molecular flexibility index (Phi) is 2.79. The van der Waals surface area contributed by atoms with Crippen molar-refractivity contribution in [1.29, 1.82) is 0 Å². The molecule has 1 heterocycles. The van der Waals surface area contributed by atoms with Gasteiger partial charge in [0, 0.05) is 11.6 Å². The topological polar surface area (TPSA) is 42.2 Å². The van der Waals surface area contributed by atoms with Gasteiger partial charge in [0.1, 0.15) is 0 Å². The summed E-state index contributed by atoms with van der Waals surface area (Å²) in [7, 11) is 0. The van der Waals surface area contributed by atoms with Gasteiger partial charge in [0.15, 0.2) is 0 Å². The zero-order chi connectivity index (χ0) is 11.7. The second kappa shape index (κ2) is 4.10. The Morgan fingerprint density at radius 1 is 1.38 bits per heavy atom. The van der Waals surface area contributed by atoms with Gasteiger partial charge < -0.3 is 9.67 Å². The van der Waals surface area contributed by atoms with Gasteiger partial charge in [-0.25, -0.2) is 0 Å². The number of hydrogen-bond donors (Lipinski definition) is 1. The molecule has 0 aliphatic rings. The number of rotatable bonds is 2. The van der Waals surface area contributed by atoms with E-state index >= 15 is 0 Å². The number of benzene rings is 1. The molecule has 0 bridgehead atoms. The van der Waals surface area contributed by atoms with Crippen LogP contribution in [0.2, 0.25) is 0 Å². The summed E-state index contributed by atoms with van der Waals surface area (Å²) in [6.45, 7) is 3.79. The number of aliphatic hydroxyl groups excluding tert-OH is 1. The van der Waals surface area contributed by atoms with Crippen LogP contribution in [0.25, 0.3) is 10.8 Å². The third kappa shape index (κ3) is 1.74. The third-order valence-electron chi connectivity index (χ3n) is 2.83. The molecule has 16 heavy (non-hydrogen) atoms. The van der Waals surface area contributed by atoms with Crippen molar-refractivity contribution in [2.24, 2.45) is 0 Å². The van der Waals surface area contributed by atoms with Crippen LogP contribution in [0, 0.1) is 6.92 Å². The molecule has 0 amide bonds. The van der Waals surface area contributed by atoms with Crippen LogP contribution in [-0.4, -0.2) is 16.3 Å². The molecule has 1 aromatic carbocycles. The lowest BCUT2D eigenvalue weighted by molar-refractivity contribution is 0.236. The Hall–Kier alpha value is -1.61. The van der Waals surface area contributed by atoms with Crippen LogP contribution in [0.15, 0.2) is 35.3 Å². The van der Waals surface area contributed by atoms with Crippen molar-refractivity contribution in [2.45, 2.75) is 19.9 Å². The van der Waals surface area contributed by atoms with E-state index in [-0.39, 0.29) is 18.2 Å². The van der Waals surface area contributed by atoms with Crippen molar-refractivity contribution in [3.05, 3.63) is 46.4 Å². The summed E-state index contributed by atoms with van der Waals surface area (Å²) in [4.78, 5) is 12.1. The lowest BCUT2D eigenvalue weighted by Gasteiger charge is -2.12. The molecule has 0 aliphatic carbocycles. The maximum atomic E-state index is 12.1. The van der Waals surface area contributed by atoms with E-state index in [9.17, 15) is 4.79 Å². The summed E-state index contributed by atoms with van der Waals surface area (Å²) in [5.41, 5.74) is 1.10. The number of hydrogen-bond acceptors (Lipinski definition) is 2. The van der Waals surface area contributed by atoms with E-state index in [4.69, 9.17) is 5.11 Å². The van der Waals surface area contributed by atoms with Crippen LogP contribution >= 0.6 is 0 Å². The number of fused-ring (bicyclic) bond motifs is 1. The summed E-state index contributed by atoms with van der Waals surface area (Å²) in [6.07, 6.45) is 1.74. The van der Waals surface area contributed by atoms with Gasteiger partial charge in [0.2, 0.25) is 0 Å². The Morgan fingerprint density at radius 3 is 2.81 bits per heavy atom. The summed E-state index contributed by atoms with van der Waals surface area (Å²) >= 11 is 0. The van der Waals surface area contributed by atoms with Crippen molar-refractivity contribution in [2.75, 3.05) is 6.61 Å². The largest absolute Gasteiger partial charge is 0.394 e. The molecule has 1 atom stereocenters. The minimum absolute atomic E-state index is 0.0305. The van der Waals surface area contributed by atoms with Gasteiger partial charge >= 0.3 is 0 Å². The number of nitrogens with zero attached hydrogens (tertiary/aromatic N) is 1. The summed E-state index contributed by atoms with van der Waals surface area (Å²) < 4.78 is 1.57. The zero-order valence-corrected chi connectivity index (χ0v) is 9.47. The van der Waals surface area contributed by atoms with Gasteiger partial charge in [0.05, 0.1) is 12.6 Å². The van der Waals surface area contributed by atoms with Gasteiger partial charge in [-0.3, -0.25) is 4.79 Å². The smallest absolute Gasteiger partial charge is 0.258 e. The van der Waals surface area contributed by atoms with E-state index in [2.05, 4.69) is 0 Å². The normalized spacial score (nSPS) is 12.9. The van der Waals surface area contributed by atoms with E-state index in [1.807, 2.05) is 38.1 Å². The van der Waals surface area contributed by atoms with Gasteiger partial charge in [-0.05, 0) is 31.4 Å². The molecule has 2 rings (SSSR count). The molecule has 3 nitrogen and oxygen atoms in total. The molecule has 1 N–H and O–H groups in total. The van der Waals surface area contributed by atoms with Crippen LogP contribution in [0.4, 0.5) is 0 Å². The van der Waals surface area contributed by atoms with Crippen LogP contribution in [0.3, 0.4) is 0 Å². The average Bonchev–Trinajstić information content (AvgIpc) is 2.28.